The predicted molar refractivity (Wildman–Crippen MR) is 117 cm³/mol. The van der Waals surface area contributed by atoms with Crippen molar-refractivity contribution in [3.05, 3.63) is 59.2 Å². The quantitative estimate of drug-likeness (QED) is 0.607. The summed E-state index contributed by atoms with van der Waals surface area (Å²) in [4.78, 5) is 7.08. The van der Waals surface area contributed by atoms with Gasteiger partial charge in [-0.15, -0.1) is 0 Å². The fraction of sp³-hybridized carbons (Fsp3) is 0.375. The Morgan fingerprint density at radius 1 is 1.11 bits per heavy atom. The maximum atomic E-state index is 5.70. The summed E-state index contributed by atoms with van der Waals surface area (Å²) >= 11 is 0. The van der Waals surface area contributed by atoms with Crippen molar-refractivity contribution in [3.8, 4) is 5.75 Å². The fourth-order valence-corrected chi connectivity index (χ4v) is 3.94. The normalized spacial score (nSPS) is 15.6. The minimum atomic E-state index is -0.00647. The largest absolute Gasteiger partial charge is 0.496 e. The highest BCUT2D eigenvalue weighted by Gasteiger charge is 2.31. The van der Waals surface area contributed by atoms with Crippen LogP contribution < -0.4 is 9.64 Å². The molecule has 0 fully saturated rings. The van der Waals surface area contributed by atoms with Gasteiger partial charge in [0.1, 0.15) is 5.75 Å². The molecular formula is C24H30N2O. The van der Waals surface area contributed by atoms with E-state index in [1.54, 1.807) is 7.11 Å². The zero-order valence-corrected chi connectivity index (χ0v) is 17.3. The molecule has 0 aromatic heterocycles. The molecule has 0 radical (unpaired) electrons. The maximum absolute atomic E-state index is 5.70. The summed E-state index contributed by atoms with van der Waals surface area (Å²) in [6.45, 7) is 12.0. The van der Waals surface area contributed by atoms with E-state index in [2.05, 4.69) is 87.0 Å². The van der Waals surface area contributed by atoms with E-state index in [-0.39, 0.29) is 5.54 Å². The second-order valence-electron chi connectivity index (χ2n) is 7.61. The van der Waals surface area contributed by atoms with Crippen LogP contribution in [0.1, 0.15) is 51.3 Å². The summed E-state index contributed by atoms with van der Waals surface area (Å²) < 4.78 is 5.70. The lowest BCUT2D eigenvalue weighted by Gasteiger charge is -2.43. The molecule has 0 saturated carbocycles. The Bertz CT molecular complexity index is 876. The van der Waals surface area contributed by atoms with E-state index in [1.165, 1.54) is 22.4 Å². The van der Waals surface area contributed by atoms with Crippen molar-refractivity contribution in [2.24, 2.45) is 4.99 Å². The van der Waals surface area contributed by atoms with Gasteiger partial charge in [-0.3, -0.25) is 4.99 Å². The summed E-state index contributed by atoms with van der Waals surface area (Å²) in [5.41, 5.74) is 7.04. The van der Waals surface area contributed by atoms with Crippen LogP contribution in [0.3, 0.4) is 0 Å². The van der Waals surface area contributed by atoms with Crippen molar-refractivity contribution < 1.29 is 4.74 Å². The molecule has 3 rings (SSSR count). The second kappa shape index (κ2) is 7.59. The maximum Gasteiger partial charge on any atom is 0.129 e. The summed E-state index contributed by atoms with van der Waals surface area (Å²) in [5, 5.41) is 0. The monoisotopic (exact) mass is 362 g/mol. The third-order valence-corrected chi connectivity index (χ3v) is 5.34. The highest BCUT2D eigenvalue weighted by Crippen LogP contribution is 2.41. The molecule has 0 amide bonds. The average Bonchev–Trinajstić information content (AvgIpc) is 2.66. The third-order valence-electron chi connectivity index (χ3n) is 5.34. The lowest BCUT2D eigenvalue weighted by molar-refractivity contribution is 0.413. The number of benzene rings is 2. The Labute approximate surface area is 163 Å². The van der Waals surface area contributed by atoms with Gasteiger partial charge in [0, 0.05) is 35.6 Å². The Morgan fingerprint density at radius 2 is 1.81 bits per heavy atom. The Hall–Kier alpha value is -2.55. The van der Waals surface area contributed by atoms with E-state index >= 15 is 0 Å². The van der Waals surface area contributed by atoms with Crippen molar-refractivity contribution in [3.63, 3.8) is 0 Å². The second-order valence-corrected chi connectivity index (χ2v) is 7.61. The van der Waals surface area contributed by atoms with Gasteiger partial charge in [0.2, 0.25) is 0 Å². The lowest BCUT2D eigenvalue weighted by Crippen LogP contribution is -2.44. The van der Waals surface area contributed by atoms with Crippen molar-refractivity contribution in [1.29, 1.82) is 0 Å². The minimum absolute atomic E-state index is 0.00647. The number of methoxy groups -OCH3 is 1. The van der Waals surface area contributed by atoms with Gasteiger partial charge in [-0.1, -0.05) is 25.1 Å². The van der Waals surface area contributed by atoms with E-state index in [9.17, 15) is 0 Å². The number of rotatable bonds is 5. The first-order valence-electron chi connectivity index (χ1n) is 9.72. The van der Waals surface area contributed by atoms with Crippen molar-refractivity contribution >= 4 is 23.2 Å². The molecule has 142 valence electrons. The molecule has 0 atom stereocenters. The zero-order chi connectivity index (χ0) is 19.6. The molecule has 2 aromatic rings. The Kier molecular flexibility index (Phi) is 5.41. The fourth-order valence-electron chi connectivity index (χ4n) is 3.94. The number of fused-ring (bicyclic) bond motifs is 1. The summed E-state index contributed by atoms with van der Waals surface area (Å²) in [5.74, 6) is 0.853. The van der Waals surface area contributed by atoms with Crippen LogP contribution in [-0.4, -0.2) is 25.4 Å². The van der Waals surface area contributed by atoms with Crippen LogP contribution in [0.25, 0.3) is 5.57 Å². The number of aliphatic imine (C=N–C) groups is 1. The average molecular weight is 363 g/mol. The number of hydrogen-bond donors (Lipinski definition) is 0. The molecular weight excluding hydrogens is 332 g/mol. The molecule has 1 aliphatic heterocycles. The van der Waals surface area contributed by atoms with E-state index in [4.69, 9.17) is 4.74 Å². The molecule has 0 saturated heterocycles. The van der Waals surface area contributed by atoms with Gasteiger partial charge in [0.15, 0.2) is 0 Å². The molecule has 3 heteroatoms. The summed E-state index contributed by atoms with van der Waals surface area (Å²) in [7, 11) is 1.72. The van der Waals surface area contributed by atoms with Crippen LogP contribution in [-0.2, 0) is 6.42 Å². The standard InChI is InChI=1S/C24H30N2O/c1-7-18-9-11-20(12-10-18)25-16-19-13-21-17(3)15-24(4,5)26(8-2)22(21)14-23(19)27-6/h9-16H,7-8H2,1-6H3. The third kappa shape index (κ3) is 3.78. The van der Waals surface area contributed by atoms with E-state index in [0.29, 0.717) is 0 Å². The van der Waals surface area contributed by atoms with E-state index in [0.717, 1.165) is 30.0 Å². The minimum Gasteiger partial charge on any atom is -0.496 e. The van der Waals surface area contributed by atoms with Gasteiger partial charge >= 0.3 is 0 Å². The zero-order valence-electron chi connectivity index (χ0n) is 17.3. The van der Waals surface area contributed by atoms with Crippen LogP contribution in [0.2, 0.25) is 0 Å². The Balaban J connectivity index is 2.02. The highest BCUT2D eigenvalue weighted by atomic mass is 16.5. The van der Waals surface area contributed by atoms with Gasteiger partial charge in [0.05, 0.1) is 18.3 Å². The molecule has 3 nitrogen and oxygen atoms in total. The lowest BCUT2D eigenvalue weighted by atomic mass is 9.88. The number of anilines is 1. The first-order valence-corrected chi connectivity index (χ1v) is 9.72. The summed E-state index contributed by atoms with van der Waals surface area (Å²) in [6.07, 6.45) is 5.29. The molecule has 1 aliphatic rings. The number of hydrogen-bond acceptors (Lipinski definition) is 3. The van der Waals surface area contributed by atoms with Crippen LogP contribution in [0.15, 0.2) is 47.5 Å². The molecule has 0 spiro atoms. The number of likely N-dealkylation sites (N-methyl/N-ethyl adjacent to an activating group) is 1. The Morgan fingerprint density at radius 3 is 2.41 bits per heavy atom. The molecule has 0 aliphatic carbocycles. The van der Waals surface area contributed by atoms with Gasteiger partial charge in [-0.2, -0.15) is 0 Å². The SMILES string of the molecule is CCc1ccc(N=Cc2cc3c(cc2OC)N(CC)C(C)(C)C=C3C)cc1. The van der Waals surface area contributed by atoms with Gasteiger partial charge in [0.25, 0.3) is 0 Å². The first-order chi connectivity index (χ1) is 12.9. The van der Waals surface area contributed by atoms with Crippen LogP contribution in [0.5, 0.6) is 5.75 Å². The van der Waals surface area contributed by atoms with Crippen LogP contribution >= 0.6 is 0 Å². The smallest absolute Gasteiger partial charge is 0.129 e. The molecule has 0 unspecified atom stereocenters. The van der Waals surface area contributed by atoms with E-state index in [1.807, 2.05) is 6.21 Å². The topological polar surface area (TPSA) is 24.8 Å². The van der Waals surface area contributed by atoms with Gasteiger partial charge in [-0.05, 0) is 63.5 Å². The number of nitrogens with zero attached hydrogens (tertiary/aromatic N) is 2. The van der Waals surface area contributed by atoms with Crippen LogP contribution in [0, 0.1) is 0 Å². The molecule has 27 heavy (non-hydrogen) atoms. The van der Waals surface area contributed by atoms with E-state index < -0.39 is 0 Å². The van der Waals surface area contributed by atoms with Crippen molar-refractivity contribution in [1.82, 2.24) is 0 Å². The molecule has 0 bridgehead atoms. The first kappa shape index (κ1) is 19.2. The van der Waals surface area contributed by atoms with Crippen molar-refractivity contribution in [2.75, 3.05) is 18.6 Å². The predicted octanol–water partition coefficient (Wildman–Crippen LogP) is 6.03. The molecule has 2 aromatic carbocycles. The van der Waals surface area contributed by atoms with Gasteiger partial charge < -0.3 is 9.64 Å². The molecule has 0 N–H and O–H groups in total. The number of allylic oxidation sites excluding steroid dienone is 1. The number of ether oxygens (including phenoxy) is 1. The highest BCUT2D eigenvalue weighted by molar-refractivity contribution is 5.92. The summed E-state index contributed by atoms with van der Waals surface area (Å²) in [6, 6.07) is 12.7. The van der Waals surface area contributed by atoms with Crippen molar-refractivity contribution in [2.45, 2.75) is 46.6 Å². The molecule has 1 heterocycles. The van der Waals surface area contributed by atoms with Gasteiger partial charge in [-0.25, -0.2) is 0 Å². The number of aryl methyl sites for hydroxylation is 1. The van der Waals surface area contributed by atoms with Crippen LogP contribution in [0.4, 0.5) is 11.4 Å².